The van der Waals surface area contributed by atoms with Gasteiger partial charge in [-0.15, -0.1) is 0 Å². The summed E-state index contributed by atoms with van der Waals surface area (Å²) in [5.74, 6) is -1.13. The Hall–Kier alpha value is -2.08. The summed E-state index contributed by atoms with van der Waals surface area (Å²) in [5.41, 5.74) is 1.71. The van der Waals surface area contributed by atoms with Gasteiger partial charge in [0.1, 0.15) is 0 Å². The highest BCUT2D eigenvalue weighted by Gasteiger charge is 2.22. The average molecular weight is 266 g/mol. The van der Waals surface area contributed by atoms with E-state index in [9.17, 15) is 9.59 Å². The van der Waals surface area contributed by atoms with Gasteiger partial charge in [0.2, 0.25) is 0 Å². The number of amides is 2. The number of urea groups is 1. The molecule has 0 fully saturated rings. The molecule has 104 valence electrons. The largest absolute Gasteiger partial charge is 0.480 e. The molecule has 1 rings (SSSR count). The van der Waals surface area contributed by atoms with E-state index in [1.807, 2.05) is 25.1 Å². The van der Waals surface area contributed by atoms with Gasteiger partial charge in [0.25, 0.3) is 0 Å². The van der Waals surface area contributed by atoms with Gasteiger partial charge in [-0.2, -0.15) is 0 Å². The van der Waals surface area contributed by atoms with E-state index in [1.54, 1.807) is 13.1 Å². The van der Waals surface area contributed by atoms with E-state index >= 15 is 0 Å². The maximum atomic E-state index is 11.9. The first-order chi connectivity index (χ1) is 8.95. The van der Waals surface area contributed by atoms with Crippen LogP contribution in [0.5, 0.6) is 0 Å². The molecule has 0 saturated carbocycles. The molecule has 1 unspecified atom stereocenters. The van der Waals surface area contributed by atoms with Crippen LogP contribution in [0.25, 0.3) is 0 Å². The van der Waals surface area contributed by atoms with E-state index in [1.165, 1.54) is 12.0 Å². The SMILES string of the molecule is COCC(NC(=O)N(C)c1cccc(C)c1)C(=O)O. The van der Waals surface area contributed by atoms with Gasteiger partial charge in [0.15, 0.2) is 6.04 Å². The number of nitrogens with zero attached hydrogens (tertiary/aromatic N) is 1. The predicted molar refractivity (Wildman–Crippen MR) is 71.4 cm³/mol. The van der Waals surface area contributed by atoms with E-state index in [0.29, 0.717) is 5.69 Å². The predicted octanol–water partition coefficient (Wildman–Crippen LogP) is 1.24. The van der Waals surface area contributed by atoms with Crippen molar-refractivity contribution < 1.29 is 19.4 Å². The molecule has 1 aromatic rings. The molecule has 0 aromatic heterocycles. The molecule has 0 radical (unpaired) electrons. The van der Waals surface area contributed by atoms with Crippen LogP contribution in [0.15, 0.2) is 24.3 Å². The van der Waals surface area contributed by atoms with Gasteiger partial charge >= 0.3 is 12.0 Å². The topological polar surface area (TPSA) is 78.9 Å². The molecule has 2 N–H and O–H groups in total. The van der Waals surface area contributed by atoms with Crippen molar-refractivity contribution in [2.75, 3.05) is 25.7 Å². The first kappa shape index (κ1) is 15.0. The summed E-state index contributed by atoms with van der Waals surface area (Å²) < 4.78 is 4.76. The molecular formula is C13H18N2O4. The summed E-state index contributed by atoms with van der Waals surface area (Å²) in [6.07, 6.45) is 0. The van der Waals surface area contributed by atoms with Crippen molar-refractivity contribution >= 4 is 17.7 Å². The lowest BCUT2D eigenvalue weighted by molar-refractivity contribution is -0.140. The number of hydrogen-bond acceptors (Lipinski definition) is 3. The molecule has 6 heteroatoms. The quantitative estimate of drug-likeness (QED) is 0.840. The van der Waals surface area contributed by atoms with Crippen molar-refractivity contribution in [3.63, 3.8) is 0 Å². The summed E-state index contributed by atoms with van der Waals surface area (Å²) >= 11 is 0. The van der Waals surface area contributed by atoms with Crippen LogP contribution in [0, 0.1) is 6.92 Å². The molecule has 0 heterocycles. The van der Waals surface area contributed by atoms with Gasteiger partial charge in [-0.1, -0.05) is 12.1 Å². The number of ether oxygens (including phenoxy) is 1. The molecule has 2 amide bonds. The number of rotatable bonds is 5. The summed E-state index contributed by atoms with van der Waals surface area (Å²) in [7, 11) is 2.96. The van der Waals surface area contributed by atoms with Crippen LogP contribution in [-0.2, 0) is 9.53 Å². The number of benzene rings is 1. The molecule has 1 atom stereocenters. The van der Waals surface area contributed by atoms with Crippen molar-refractivity contribution in [3.05, 3.63) is 29.8 Å². The molecule has 0 aliphatic rings. The lowest BCUT2D eigenvalue weighted by Crippen LogP contribution is -2.48. The van der Waals surface area contributed by atoms with Crippen molar-refractivity contribution in [3.8, 4) is 0 Å². The minimum absolute atomic E-state index is 0.0806. The second-order valence-electron chi connectivity index (χ2n) is 4.19. The molecule has 6 nitrogen and oxygen atoms in total. The number of anilines is 1. The summed E-state index contributed by atoms with van der Waals surface area (Å²) in [5, 5.41) is 11.3. The summed E-state index contributed by atoms with van der Waals surface area (Å²) in [4.78, 5) is 24.2. The van der Waals surface area contributed by atoms with Crippen LogP contribution in [0.4, 0.5) is 10.5 Å². The number of carboxylic acids is 1. The third kappa shape index (κ3) is 4.26. The highest BCUT2D eigenvalue weighted by atomic mass is 16.5. The molecule has 0 spiro atoms. The number of aryl methyl sites for hydroxylation is 1. The highest BCUT2D eigenvalue weighted by Crippen LogP contribution is 2.14. The zero-order chi connectivity index (χ0) is 14.4. The van der Waals surface area contributed by atoms with E-state index < -0.39 is 18.0 Å². The average Bonchev–Trinajstić information content (AvgIpc) is 2.37. The van der Waals surface area contributed by atoms with Crippen LogP contribution in [0.3, 0.4) is 0 Å². The number of nitrogens with one attached hydrogen (secondary N) is 1. The van der Waals surface area contributed by atoms with Gasteiger partial charge in [-0.05, 0) is 24.6 Å². The van der Waals surface area contributed by atoms with Crippen LogP contribution >= 0.6 is 0 Å². The number of hydrogen-bond donors (Lipinski definition) is 2. The number of carbonyl (C=O) groups is 2. The van der Waals surface area contributed by atoms with Gasteiger partial charge in [-0.3, -0.25) is 4.90 Å². The normalized spacial score (nSPS) is 11.7. The Balaban J connectivity index is 2.74. The van der Waals surface area contributed by atoms with Gasteiger partial charge in [0, 0.05) is 19.8 Å². The minimum Gasteiger partial charge on any atom is -0.480 e. The van der Waals surface area contributed by atoms with Crippen LogP contribution in [-0.4, -0.2) is 43.9 Å². The molecule has 0 aliphatic carbocycles. The van der Waals surface area contributed by atoms with Crippen molar-refractivity contribution in [1.29, 1.82) is 0 Å². The van der Waals surface area contributed by atoms with E-state index in [4.69, 9.17) is 9.84 Å². The Morgan fingerprint density at radius 2 is 2.16 bits per heavy atom. The zero-order valence-electron chi connectivity index (χ0n) is 11.2. The van der Waals surface area contributed by atoms with Crippen LogP contribution in [0.1, 0.15) is 5.56 Å². The van der Waals surface area contributed by atoms with E-state index in [-0.39, 0.29) is 6.61 Å². The van der Waals surface area contributed by atoms with Gasteiger partial charge < -0.3 is 15.2 Å². The number of aliphatic carboxylic acids is 1. The van der Waals surface area contributed by atoms with E-state index in [2.05, 4.69) is 5.32 Å². The standard InChI is InChI=1S/C13H18N2O4/c1-9-5-4-6-10(7-9)15(2)13(18)14-11(8-19-3)12(16)17/h4-7,11H,8H2,1-3H3,(H,14,18)(H,16,17). The molecule has 0 aliphatic heterocycles. The first-order valence-corrected chi connectivity index (χ1v) is 5.78. The third-order valence-corrected chi connectivity index (χ3v) is 2.62. The Labute approximate surface area is 112 Å². The monoisotopic (exact) mass is 266 g/mol. The van der Waals surface area contributed by atoms with E-state index in [0.717, 1.165) is 5.56 Å². The maximum absolute atomic E-state index is 11.9. The smallest absolute Gasteiger partial charge is 0.328 e. The number of carboxylic acid groups (broad SMARTS) is 1. The lowest BCUT2D eigenvalue weighted by Gasteiger charge is -2.21. The number of carbonyl (C=O) groups excluding carboxylic acids is 1. The summed E-state index contributed by atoms with van der Waals surface area (Å²) in [6.45, 7) is 1.84. The zero-order valence-corrected chi connectivity index (χ0v) is 11.2. The van der Waals surface area contributed by atoms with Crippen molar-refractivity contribution in [2.45, 2.75) is 13.0 Å². The molecule has 19 heavy (non-hydrogen) atoms. The molecule has 1 aromatic carbocycles. The van der Waals surface area contributed by atoms with Crippen LogP contribution < -0.4 is 10.2 Å². The van der Waals surface area contributed by atoms with Crippen molar-refractivity contribution in [1.82, 2.24) is 5.32 Å². The minimum atomic E-state index is -1.13. The fourth-order valence-corrected chi connectivity index (χ4v) is 1.54. The Kier molecular flexibility index (Phi) is 5.32. The second kappa shape index (κ2) is 6.75. The second-order valence-corrected chi connectivity index (χ2v) is 4.19. The third-order valence-electron chi connectivity index (χ3n) is 2.62. The van der Waals surface area contributed by atoms with Crippen molar-refractivity contribution in [2.24, 2.45) is 0 Å². The maximum Gasteiger partial charge on any atom is 0.328 e. The first-order valence-electron chi connectivity index (χ1n) is 5.78. The molecule has 0 bridgehead atoms. The van der Waals surface area contributed by atoms with Crippen LogP contribution in [0.2, 0.25) is 0 Å². The fourth-order valence-electron chi connectivity index (χ4n) is 1.54. The summed E-state index contributed by atoms with van der Waals surface area (Å²) in [6, 6.07) is 5.81. The Morgan fingerprint density at radius 3 is 2.68 bits per heavy atom. The van der Waals surface area contributed by atoms with Gasteiger partial charge in [0.05, 0.1) is 6.61 Å². The Bertz CT molecular complexity index is 462. The molecule has 0 saturated heterocycles. The fraction of sp³-hybridized carbons (Fsp3) is 0.385. The molecular weight excluding hydrogens is 248 g/mol. The van der Waals surface area contributed by atoms with Gasteiger partial charge in [-0.25, -0.2) is 9.59 Å². The number of methoxy groups -OCH3 is 1. The lowest BCUT2D eigenvalue weighted by atomic mass is 10.2. The Morgan fingerprint density at radius 1 is 1.47 bits per heavy atom. The highest BCUT2D eigenvalue weighted by molar-refractivity contribution is 5.94.